The molecule has 0 N–H and O–H groups in total. The van der Waals surface area contributed by atoms with E-state index in [1.54, 1.807) is 48.5 Å². The van der Waals surface area contributed by atoms with Crippen molar-refractivity contribution in [2.75, 3.05) is 0 Å². The first-order valence-corrected chi connectivity index (χ1v) is 9.59. The maximum absolute atomic E-state index is 12.8. The lowest BCUT2D eigenvalue weighted by Gasteiger charge is -2.11. The van der Waals surface area contributed by atoms with Crippen LogP contribution in [0.5, 0.6) is 0 Å². The average molecular weight is 405 g/mol. The van der Waals surface area contributed by atoms with Crippen LogP contribution in [0.4, 0.5) is 0 Å². The molecule has 0 atom stereocenters. The molecule has 0 radical (unpaired) electrons. The molecule has 9 nitrogen and oxygen atoms in total. The van der Waals surface area contributed by atoms with Crippen LogP contribution >= 0.6 is 0 Å². The van der Waals surface area contributed by atoms with Crippen LogP contribution in [0.1, 0.15) is 30.3 Å². The SMILES string of the molecule is CCCCn1nc(C(=O)OCn2nnc3ccccc3c2=O)c2ccccc2c1=O. The number of hydrogen-bond acceptors (Lipinski definition) is 7. The molecular weight excluding hydrogens is 386 g/mol. The number of aromatic nitrogens is 5. The van der Waals surface area contributed by atoms with E-state index in [1.807, 2.05) is 6.92 Å². The zero-order chi connectivity index (χ0) is 21.1. The molecule has 0 aliphatic carbocycles. The van der Waals surface area contributed by atoms with Crippen LogP contribution in [-0.4, -0.2) is 30.7 Å². The molecule has 2 aromatic carbocycles. The van der Waals surface area contributed by atoms with E-state index in [1.165, 1.54) is 4.68 Å². The maximum Gasteiger partial charge on any atom is 0.361 e. The van der Waals surface area contributed by atoms with Crippen molar-refractivity contribution in [3.05, 3.63) is 74.9 Å². The molecule has 152 valence electrons. The molecule has 0 fully saturated rings. The topological polar surface area (TPSA) is 109 Å². The fourth-order valence-corrected chi connectivity index (χ4v) is 3.14. The first kappa shape index (κ1) is 19.4. The van der Waals surface area contributed by atoms with Gasteiger partial charge in [-0.1, -0.05) is 48.9 Å². The van der Waals surface area contributed by atoms with E-state index in [0.717, 1.165) is 17.5 Å². The minimum Gasteiger partial charge on any atom is -0.437 e. The highest BCUT2D eigenvalue weighted by atomic mass is 16.5. The third-order valence-electron chi connectivity index (χ3n) is 4.73. The minimum atomic E-state index is -0.752. The second-order valence-electron chi connectivity index (χ2n) is 6.75. The van der Waals surface area contributed by atoms with Crippen LogP contribution < -0.4 is 11.1 Å². The number of hydrogen-bond donors (Lipinski definition) is 0. The summed E-state index contributed by atoms with van der Waals surface area (Å²) in [5.74, 6) is -0.752. The van der Waals surface area contributed by atoms with Gasteiger partial charge >= 0.3 is 5.97 Å². The molecule has 0 amide bonds. The van der Waals surface area contributed by atoms with Gasteiger partial charge in [-0.05, 0) is 24.6 Å². The second-order valence-corrected chi connectivity index (χ2v) is 6.75. The number of nitrogens with zero attached hydrogens (tertiary/aromatic N) is 5. The van der Waals surface area contributed by atoms with Gasteiger partial charge in [-0.25, -0.2) is 9.48 Å². The van der Waals surface area contributed by atoms with Gasteiger partial charge in [0, 0.05) is 11.9 Å². The summed E-state index contributed by atoms with van der Waals surface area (Å²) < 4.78 is 7.54. The number of benzene rings is 2. The quantitative estimate of drug-likeness (QED) is 0.452. The molecule has 30 heavy (non-hydrogen) atoms. The van der Waals surface area contributed by atoms with Crippen LogP contribution in [0, 0.1) is 0 Å². The molecule has 0 unspecified atom stereocenters. The van der Waals surface area contributed by atoms with Gasteiger partial charge in [0.2, 0.25) is 0 Å². The van der Waals surface area contributed by atoms with Gasteiger partial charge in [0.1, 0.15) is 5.52 Å². The highest BCUT2D eigenvalue weighted by Gasteiger charge is 2.18. The number of carbonyl (C=O) groups excluding carboxylic acids is 1. The molecule has 0 saturated heterocycles. The predicted molar refractivity (Wildman–Crippen MR) is 110 cm³/mol. The molecule has 4 aromatic rings. The Morgan fingerprint density at radius 3 is 2.37 bits per heavy atom. The zero-order valence-corrected chi connectivity index (χ0v) is 16.3. The Balaban J connectivity index is 1.67. The third-order valence-corrected chi connectivity index (χ3v) is 4.73. The van der Waals surface area contributed by atoms with E-state index in [9.17, 15) is 14.4 Å². The van der Waals surface area contributed by atoms with Gasteiger partial charge in [-0.2, -0.15) is 9.78 Å². The van der Waals surface area contributed by atoms with Crippen molar-refractivity contribution in [2.24, 2.45) is 0 Å². The Morgan fingerprint density at radius 2 is 1.60 bits per heavy atom. The smallest absolute Gasteiger partial charge is 0.361 e. The Morgan fingerprint density at radius 1 is 0.933 bits per heavy atom. The number of ether oxygens (including phenoxy) is 1. The van der Waals surface area contributed by atoms with Crippen molar-refractivity contribution in [3.63, 3.8) is 0 Å². The maximum atomic E-state index is 12.8. The largest absolute Gasteiger partial charge is 0.437 e. The first-order valence-electron chi connectivity index (χ1n) is 9.59. The van der Waals surface area contributed by atoms with Gasteiger partial charge in [-0.3, -0.25) is 9.59 Å². The third kappa shape index (κ3) is 3.57. The van der Waals surface area contributed by atoms with E-state index < -0.39 is 18.3 Å². The summed E-state index contributed by atoms with van der Waals surface area (Å²) in [4.78, 5) is 37.9. The molecule has 0 spiro atoms. The summed E-state index contributed by atoms with van der Waals surface area (Å²) >= 11 is 0. The van der Waals surface area contributed by atoms with Crippen molar-refractivity contribution in [1.82, 2.24) is 24.8 Å². The Labute approximate surface area is 170 Å². The van der Waals surface area contributed by atoms with Gasteiger partial charge in [0.25, 0.3) is 11.1 Å². The van der Waals surface area contributed by atoms with E-state index >= 15 is 0 Å². The molecule has 0 aliphatic heterocycles. The van der Waals surface area contributed by atoms with Gasteiger partial charge in [0.05, 0.1) is 10.8 Å². The van der Waals surface area contributed by atoms with Crippen molar-refractivity contribution < 1.29 is 9.53 Å². The van der Waals surface area contributed by atoms with E-state index in [-0.39, 0.29) is 11.3 Å². The number of carbonyl (C=O) groups is 1. The van der Waals surface area contributed by atoms with Gasteiger partial charge < -0.3 is 4.74 Å². The van der Waals surface area contributed by atoms with Gasteiger partial charge in [0.15, 0.2) is 12.4 Å². The standard InChI is InChI=1S/C21H19N5O4/c1-2-3-12-25-19(27)15-9-5-4-8-14(15)18(23-25)21(29)30-13-26-20(28)16-10-6-7-11-17(16)22-24-26/h4-11H,2-3,12-13H2,1H3. The number of rotatable bonds is 6. The molecule has 2 heterocycles. The second kappa shape index (κ2) is 8.24. The fraction of sp³-hybridized carbons (Fsp3) is 0.238. The van der Waals surface area contributed by atoms with Crippen molar-refractivity contribution in [2.45, 2.75) is 33.0 Å². The van der Waals surface area contributed by atoms with Crippen molar-refractivity contribution in [1.29, 1.82) is 0 Å². The zero-order valence-electron chi connectivity index (χ0n) is 16.3. The highest BCUT2D eigenvalue weighted by molar-refractivity contribution is 6.02. The number of esters is 1. The fourth-order valence-electron chi connectivity index (χ4n) is 3.14. The summed E-state index contributed by atoms with van der Waals surface area (Å²) in [6.07, 6.45) is 1.63. The van der Waals surface area contributed by atoms with Crippen LogP contribution in [-0.2, 0) is 18.0 Å². The molecule has 0 aliphatic rings. The lowest BCUT2D eigenvalue weighted by Crippen LogP contribution is -2.29. The molecule has 4 rings (SSSR count). The van der Waals surface area contributed by atoms with E-state index in [4.69, 9.17) is 4.74 Å². The molecular formula is C21H19N5O4. The van der Waals surface area contributed by atoms with E-state index in [0.29, 0.717) is 28.2 Å². The van der Waals surface area contributed by atoms with Crippen LogP contribution in [0.2, 0.25) is 0 Å². The Kier molecular flexibility index (Phi) is 5.34. The number of aryl methyl sites for hydroxylation is 1. The normalized spacial score (nSPS) is 11.1. The molecule has 0 bridgehead atoms. The monoisotopic (exact) mass is 405 g/mol. The summed E-state index contributed by atoms with van der Waals surface area (Å²) in [5, 5.41) is 13.2. The molecule has 9 heteroatoms. The first-order chi connectivity index (χ1) is 14.6. The highest BCUT2D eigenvalue weighted by Crippen LogP contribution is 2.15. The summed E-state index contributed by atoms with van der Waals surface area (Å²) in [6, 6.07) is 13.5. The van der Waals surface area contributed by atoms with Gasteiger partial charge in [-0.15, -0.1) is 5.10 Å². The molecule has 2 aromatic heterocycles. The summed E-state index contributed by atoms with van der Waals surface area (Å²) in [5.41, 5.74) is -0.199. The van der Waals surface area contributed by atoms with Crippen LogP contribution in [0.3, 0.4) is 0 Å². The van der Waals surface area contributed by atoms with Crippen LogP contribution in [0.15, 0.2) is 58.1 Å². The molecule has 0 saturated carbocycles. The lowest BCUT2D eigenvalue weighted by molar-refractivity contribution is 0.0328. The average Bonchev–Trinajstić information content (AvgIpc) is 2.78. The Hall–Kier alpha value is -3.88. The van der Waals surface area contributed by atoms with Crippen molar-refractivity contribution >= 4 is 27.6 Å². The number of unbranched alkanes of at least 4 members (excludes halogenated alkanes) is 1. The lowest BCUT2D eigenvalue weighted by atomic mass is 10.1. The summed E-state index contributed by atoms with van der Waals surface area (Å²) in [7, 11) is 0. The predicted octanol–water partition coefficient (Wildman–Crippen LogP) is 2.12. The summed E-state index contributed by atoms with van der Waals surface area (Å²) in [6.45, 7) is 1.99. The van der Waals surface area contributed by atoms with Crippen LogP contribution in [0.25, 0.3) is 21.7 Å². The Bertz CT molecular complexity index is 1360. The van der Waals surface area contributed by atoms with E-state index in [2.05, 4.69) is 15.4 Å². The van der Waals surface area contributed by atoms with Crippen molar-refractivity contribution in [3.8, 4) is 0 Å². The minimum absolute atomic E-state index is 0.0168. The number of fused-ring (bicyclic) bond motifs is 2.